The Balaban J connectivity index is 5.21. The van der Waals surface area contributed by atoms with Crippen LogP contribution in [0, 0.1) is 5.41 Å². The molecule has 0 aliphatic heterocycles. The molecule has 0 aromatic heterocycles. The maximum absolute atomic E-state index is 11.8. The number of esters is 2. The van der Waals surface area contributed by atoms with Gasteiger partial charge in [0.15, 0.2) is 5.41 Å². The van der Waals surface area contributed by atoms with E-state index in [9.17, 15) is 19.5 Å². The van der Waals surface area contributed by atoms with Crippen molar-refractivity contribution in [1.82, 2.24) is 0 Å². The van der Waals surface area contributed by atoms with Crippen molar-refractivity contribution >= 4 is 17.9 Å². The van der Waals surface area contributed by atoms with Crippen LogP contribution in [-0.2, 0) is 23.9 Å². The van der Waals surface area contributed by atoms with Crippen LogP contribution >= 0.6 is 0 Å². The number of hydrogen-bond acceptors (Lipinski definition) is 5. The van der Waals surface area contributed by atoms with E-state index in [1.54, 1.807) is 13.8 Å². The molecule has 1 unspecified atom stereocenters. The van der Waals surface area contributed by atoms with Crippen molar-refractivity contribution in [2.45, 2.75) is 26.7 Å². The molecule has 0 saturated carbocycles. The molecule has 0 bridgehead atoms. The van der Waals surface area contributed by atoms with Crippen LogP contribution in [0.2, 0.25) is 0 Å². The van der Waals surface area contributed by atoms with Crippen molar-refractivity contribution in [3.05, 3.63) is 12.7 Å². The minimum atomic E-state index is -1.95. The molecule has 18 heavy (non-hydrogen) atoms. The average molecular weight is 258 g/mol. The lowest BCUT2D eigenvalue weighted by Gasteiger charge is -2.24. The summed E-state index contributed by atoms with van der Waals surface area (Å²) in [5.41, 5.74) is -1.95. The first-order chi connectivity index (χ1) is 8.44. The number of ether oxygens (including phenoxy) is 2. The van der Waals surface area contributed by atoms with Crippen molar-refractivity contribution in [2.24, 2.45) is 5.41 Å². The summed E-state index contributed by atoms with van der Waals surface area (Å²) in [6, 6.07) is 0. The zero-order valence-electron chi connectivity index (χ0n) is 10.6. The zero-order valence-corrected chi connectivity index (χ0v) is 10.6. The maximum Gasteiger partial charge on any atom is 0.324 e. The summed E-state index contributed by atoms with van der Waals surface area (Å²) in [7, 11) is 0. The Kier molecular flexibility index (Phi) is 6.70. The normalized spacial score (nSPS) is 13.2. The van der Waals surface area contributed by atoms with Crippen molar-refractivity contribution in [1.29, 1.82) is 0 Å². The van der Waals surface area contributed by atoms with Gasteiger partial charge in [0.05, 0.1) is 19.6 Å². The molecule has 0 radical (unpaired) electrons. The topological polar surface area (TPSA) is 89.9 Å². The lowest BCUT2D eigenvalue weighted by molar-refractivity contribution is -0.173. The third-order valence-electron chi connectivity index (χ3n) is 2.32. The van der Waals surface area contributed by atoms with Gasteiger partial charge in [-0.15, -0.1) is 6.58 Å². The standard InChI is InChI=1S/C12H18O6/c1-4-7-12(10(14)15,11(16)18-6-3)8-9(13)17-5-2/h4H,1,5-8H2,2-3H3,(H,14,15). The number of carbonyl (C=O) groups is 3. The summed E-state index contributed by atoms with van der Waals surface area (Å²) in [5.74, 6) is -3.13. The molecule has 6 heteroatoms. The zero-order chi connectivity index (χ0) is 14.2. The highest BCUT2D eigenvalue weighted by molar-refractivity contribution is 6.02. The molecule has 1 atom stereocenters. The molecule has 0 amide bonds. The van der Waals surface area contributed by atoms with Gasteiger partial charge in [-0.05, 0) is 20.3 Å². The number of allylic oxidation sites excluding steroid dienone is 1. The van der Waals surface area contributed by atoms with Gasteiger partial charge >= 0.3 is 17.9 Å². The van der Waals surface area contributed by atoms with Crippen molar-refractivity contribution in [3.8, 4) is 0 Å². The Morgan fingerprint density at radius 1 is 1.22 bits per heavy atom. The van der Waals surface area contributed by atoms with E-state index in [1.807, 2.05) is 0 Å². The summed E-state index contributed by atoms with van der Waals surface area (Å²) in [4.78, 5) is 34.5. The number of carboxylic acid groups (broad SMARTS) is 1. The Bertz CT molecular complexity index is 335. The summed E-state index contributed by atoms with van der Waals surface area (Å²) >= 11 is 0. The lowest BCUT2D eigenvalue weighted by Crippen LogP contribution is -2.42. The molecule has 0 rings (SSSR count). The first kappa shape index (κ1) is 16.1. The fourth-order valence-corrected chi connectivity index (χ4v) is 1.45. The van der Waals surface area contributed by atoms with Crippen LogP contribution in [0.3, 0.4) is 0 Å². The maximum atomic E-state index is 11.8. The minimum Gasteiger partial charge on any atom is -0.480 e. The molecule has 6 nitrogen and oxygen atoms in total. The predicted molar refractivity (Wildman–Crippen MR) is 62.8 cm³/mol. The summed E-state index contributed by atoms with van der Waals surface area (Å²) in [6.45, 7) is 6.71. The van der Waals surface area contributed by atoms with Crippen molar-refractivity contribution in [2.75, 3.05) is 13.2 Å². The Labute approximate surface area is 106 Å². The number of carbonyl (C=O) groups excluding carboxylic acids is 2. The molecule has 102 valence electrons. The van der Waals surface area contributed by atoms with E-state index in [4.69, 9.17) is 4.74 Å². The first-order valence-corrected chi connectivity index (χ1v) is 5.61. The monoisotopic (exact) mass is 258 g/mol. The number of carboxylic acids is 1. The van der Waals surface area contributed by atoms with Crippen LogP contribution in [-0.4, -0.2) is 36.2 Å². The largest absolute Gasteiger partial charge is 0.480 e. The van der Waals surface area contributed by atoms with Gasteiger partial charge in [-0.25, -0.2) is 0 Å². The van der Waals surface area contributed by atoms with E-state index in [2.05, 4.69) is 11.3 Å². The number of aliphatic carboxylic acids is 1. The second kappa shape index (κ2) is 7.47. The first-order valence-electron chi connectivity index (χ1n) is 5.61. The van der Waals surface area contributed by atoms with Gasteiger partial charge in [0.25, 0.3) is 0 Å². The van der Waals surface area contributed by atoms with Gasteiger partial charge in [0.1, 0.15) is 0 Å². The highest BCUT2D eigenvalue weighted by atomic mass is 16.5. The van der Waals surface area contributed by atoms with Crippen LogP contribution in [0.4, 0.5) is 0 Å². The lowest BCUT2D eigenvalue weighted by atomic mass is 9.81. The molecular weight excluding hydrogens is 240 g/mol. The molecule has 0 aliphatic rings. The van der Waals surface area contributed by atoms with Gasteiger partial charge in [-0.2, -0.15) is 0 Å². The van der Waals surface area contributed by atoms with Crippen molar-refractivity contribution in [3.63, 3.8) is 0 Å². The van der Waals surface area contributed by atoms with E-state index in [0.29, 0.717) is 0 Å². The van der Waals surface area contributed by atoms with E-state index >= 15 is 0 Å². The fraction of sp³-hybridized carbons (Fsp3) is 0.583. The van der Waals surface area contributed by atoms with E-state index in [0.717, 1.165) is 0 Å². The molecule has 0 fully saturated rings. The van der Waals surface area contributed by atoms with Crippen LogP contribution in [0.15, 0.2) is 12.7 Å². The van der Waals surface area contributed by atoms with E-state index < -0.39 is 29.7 Å². The van der Waals surface area contributed by atoms with Crippen LogP contribution in [0.1, 0.15) is 26.7 Å². The summed E-state index contributed by atoms with van der Waals surface area (Å²) in [5, 5.41) is 9.21. The predicted octanol–water partition coefficient (Wildman–Crippen LogP) is 1.15. The Morgan fingerprint density at radius 3 is 2.17 bits per heavy atom. The molecule has 0 aromatic carbocycles. The second-order valence-electron chi connectivity index (χ2n) is 3.58. The number of hydrogen-bond donors (Lipinski definition) is 1. The smallest absolute Gasteiger partial charge is 0.324 e. The summed E-state index contributed by atoms with van der Waals surface area (Å²) in [6.07, 6.45) is 0.505. The van der Waals surface area contributed by atoms with Gasteiger partial charge in [0, 0.05) is 0 Å². The highest BCUT2D eigenvalue weighted by Crippen LogP contribution is 2.30. The molecule has 0 heterocycles. The van der Waals surface area contributed by atoms with Crippen LogP contribution in [0.25, 0.3) is 0 Å². The molecule has 0 saturated heterocycles. The number of rotatable bonds is 8. The molecular formula is C12H18O6. The van der Waals surface area contributed by atoms with E-state index in [1.165, 1.54) is 6.08 Å². The fourth-order valence-electron chi connectivity index (χ4n) is 1.45. The molecule has 0 aromatic rings. The Hall–Kier alpha value is -1.85. The second-order valence-corrected chi connectivity index (χ2v) is 3.58. The van der Waals surface area contributed by atoms with Gasteiger partial charge in [-0.1, -0.05) is 6.08 Å². The molecule has 0 aliphatic carbocycles. The summed E-state index contributed by atoms with van der Waals surface area (Å²) < 4.78 is 9.40. The van der Waals surface area contributed by atoms with Crippen molar-refractivity contribution < 1.29 is 29.0 Å². The average Bonchev–Trinajstić information content (AvgIpc) is 2.28. The highest BCUT2D eigenvalue weighted by Gasteiger charge is 2.49. The molecule has 0 spiro atoms. The SMILES string of the molecule is C=CCC(CC(=O)OCC)(C(=O)O)C(=O)OCC. The third-order valence-corrected chi connectivity index (χ3v) is 2.32. The van der Waals surface area contributed by atoms with E-state index in [-0.39, 0.29) is 19.6 Å². The van der Waals surface area contributed by atoms with Gasteiger partial charge < -0.3 is 14.6 Å². The minimum absolute atomic E-state index is 0.0355. The Morgan fingerprint density at radius 2 is 1.78 bits per heavy atom. The third kappa shape index (κ3) is 3.87. The van der Waals surface area contributed by atoms with Gasteiger partial charge in [-0.3, -0.25) is 14.4 Å². The molecule has 1 N–H and O–H groups in total. The quantitative estimate of drug-likeness (QED) is 0.399. The van der Waals surface area contributed by atoms with Crippen LogP contribution < -0.4 is 0 Å². The van der Waals surface area contributed by atoms with Crippen LogP contribution in [0.5, 0.6) is 0 Å². The van der Waals surface area contributed by atoms with Gasteiger partial charge in [0.2, 0.25) is 0 Å².